The van der Waals surface area contributed by atoms with Gasteiger partial charge in [-0.15, -0.1) is 0 Å². The van der Waals surface area contributed by atoms with E-state index in [1.54, 1.807) is 0 Å². The highest BCUT2D eigenvalue weighted by molar-refractivity contribution is 5.91. The van der Waals surface area contributed by atoms with Gasteiger partial charge in [0, 0.05) is 29.6 Å². The largest absolute Gasteiger partial charge is 0.488 e. The van der Waals surface area contributed by atoms with Gasteiger partial charge in [0.25, 0.3) is 0 Å². The second-order valence-corrected chi connectivity index (χ2v) is 7.91. The number of aliphatic hydroxyl groups excluding tert-OH is 1. The van der Waals surface area contributed by atoms with Gasteiger partial charge in [-0.2, -0.15) is 0 Å². The molecule has 0 bridgehead atoms. The van der Waals surface area contributed by atoms with Crippen molar-refractivity contribution in [3.8, 4) is 5.75 Å². The van der Waals surface area contributed by atoms with Crippen LogP contribution in [0.3, 0.4) is 0 Å². The summed E-state index contributed by atoms with van der Waals surface area (Å²) in [6, 6.07) is 10.2. The lowest BCUT2D eigenvalue weighted by molar-refractivity contribution is 0.0328. The number of hydrogen-bond acceptors (Lipinski definition) is 4. The average molecular weight is 380 g/mol. The van der Waals surface area contributed by atoms with Crippen molar-refractivity contribution in [3.05, 3.63) is 63.9 Å². The number of hydrogen-bond donors (Lipinski definition) is 1. The van der Waals surface area contributed by atoms with Crippen LogP contribution >= 0.6 is 0 Å². The molecule has 0 aliphatic carbocycles. The first-order valence-electron chi connectivity index (χ1n) is 10.1. The summed E-state index contributed by atoms with van der Waals surface area (Å²) in [7, 11) is 0. The molecular weight excluding hydrogens is 350 g/mol. The smallest absolute Gasteiger partial charge is 0.138 e. The highest BCUT2D eigenvalue weighted by atomic mass is 16.5. The van der Waals surface area contributed by atoms with Gasteiger partial charge in [0.1, 0.15) is 29.9 Å². The van der Waals surface area contributed by atoms with Gasteiger partial charge < -0.3 is 14.3 Å². The van der Waals surface area contributed by atoms with Gasteiger partial charge in [-0.05, 0) is 57.2 Å². The van der Waals surface area contributed by atoms with Crippen molar-refractivity contribution in [2.45, 2.75) is 59.9 Å². The molecule has 0 radical (unpaired) electrons. The third kappa shape index (κ3) is 3.31. The predicted octanol–water partition coefficient (Wildman–Crippen LogP) is 5.16. The fourth-order valence-electron chi connectivity index (χ4n) is 4.31. The number of fused-ring (bicyclic) bond motifs is 1. The van der Waals surface area contributed by atoms with E-state index >= 15 is 0 Å². The van der Waals surface area contributed by atoms with Crippen molar-refractivity contribution in [3.63, 3.8) is 0 Å². The Morgan fingerprint density at radius 3 is 2.50 bits per heavy atom. The Bertz CT molecular complexity index is 990. The molecule has 0 amide bonds. The second kappa shape index (κ2) is 7.61. The van der Waals surface area contributed by atoms with Crippen molar-refractivity contribution >= 4 is 11.0 Å². The van der Waals surface area contributed by atoms with Gasteiger partial charge in [0.15, 0.2) is 0 Å². The van der Waals surface area contributed by atoms with Gasteiger partial charge in [-0.1, -0.05) is 30.3 Å². The minimum absolute atomic E-state index is 0.356. The maximum Gasteiger partial charge on any atom is 0.138 e. The molecule has 3 aromatic rings. The zero-order chi connectivity index (χ0) is 19.8. The number of benzene rings is 2. The summed E-state index contributed by atoms with van der Waals surface area (Å²) in [5, 5.41) is 11.4. The summed E-state index contributed by atoms with van der Waals surface area (Å²) in [6.07, 6.45) is 1.53. The second-order valence-electron chi connectivity index (χ2n) is 7.91. The zero-order valence-electron chi connectivity index (χ0n) is 17.2. The first-order valence-corrected chi connectivity index (χ1v) is 10.1. The van der Waals surface area contributed by atoms with E-state index in [2.05, 4.69) is 37.8 Å². The minimum Gasteiger partial charge on any atom is -0.488 e. The Hall–Kier alpha value is -2.30. The van der Waals surface area contributed by atoms with Crippen molar-refractivity contribution in [2.24, 2.45) is 0 Å². The van der Waals surface area contributed by atoms with E-state index < -0.39 is 0 Å². The molecule has 1 N–H and O–H groups in total. The zero-order valence-corrected chi connectivity index (χ0v) is 17.2. The molecule has 1 fully saturated rings. The molecule has 148 valence electrons. The summed E-state index contributed by atoms with van der Waals surface area (Å²) in [5.41, 5.74) is 6.64. The Labute approximate surface area is 166 Å². The van der Waals surface area contributed by atoms with Crippen LogP contribution in [-0.4, -0.2) is 22.8 Å². The molecule has 28 heavy (non-hydrogen) atoms. The monoisotopic (exact) mass is 379 g/mol. The number of aryl methyl sites for hydroxylation is 3. The van der Waals surface area contributed by atoms with Crippen molar-refractivity contribution < 1.29 is 14.3 Å². The summed E-state index contributed by atoms with van der Waals surface area (Å²) in [6.45, 7) is 10.5. The van der Waals surface area contributed by atoms with E-state index in [0.29, 0.717) is 13.2 Å². The molecule has 4 rings (SSSR count). The fraction of sp³-hybridized carbons (Fsp3) is 0.417. The fourth-order valence-corrected chi connectivity index (χ4v) is 4.31. The molecule has 4 heteroatoms. The predicted molar refractivity (Wildman–Crippen MR) is 112 cm³/mol. The topological polar surface area (TPSA) is 45.8 Å². The molecule has 0 spiro atoms. The van der Waals surface area contributed by atoms with Crippen LogP contribution in [0.2, 0.25) is 0 Å². The number of ether oxygens (including phenoxy) is 1. The van der Waals surface area contributed by atoms with Gasteiger partial charge in [-0.25, -0.2) is 0 Å². The molecule has 0 unspecified atom stereocenters. The van der Waals surface area contributed by atoms with Crippen molar-refractivity contribution in [1.82, 2.24) is 4.90 Å². The van der Waals surface area contributed by atoms with Crippen molar-refractivity contribution in [1.29, 1.82) is 0 Å². The maximum atomic E-state index is 10.3. The van der Waals surface area contributed by atoms with Crippen LogP contribution < -0.4 is 4.74 Å². The number of nitrogens with zero attached hydrogens (tertiary/aromatic N) is 1. The normalized spacial score (nSPS) is 17.5. The number of aliphatic hydroxyl groups is 1. The van der Waals surface area contributed by atoms with Gasteiger partial charge in [0.2, 0.25) is 0 Å². The first kappa shape index (κ1) is 19.0. The van der Waals surface area contributed by atoms with Crippen LogP contribution in [0.1, 0.15) is 46.4 Å². The molecule has 1 saturated heterocycles. The van der Waals surface area contributed by atoms with E-state index in [-0.39, 0.29) is 6.23 Å². The molecule has 2 heterocycles. The highest BCUT2D eigenvalue weighted by Gasteiger charge is 2.27. The summed E-state index contributed by atoms with van der Waals surface area (Å²) in [4.78, 5) is 2.14. The van der Waals surface area contributed by atoms with E-state index in [4.69, 9.17) is 9.15 Å². The van der Waals surface area contributed by atoms with Gasteiger partial charge >= 0.3 is 0 Å². The highest BCUT2D eigenvalue weighted by Crippen LogP contribution is 2.40. The summed E-state index contributed by atoms with van der Waals surface area (Å²) >= 11 is 0. The van der Waals surface area contributed by atoms with Crippen LogP contribution in [0.15, 0.2) is 34.7 Å². The minimum atomic E-state index is -0.356. The number of furan rings is 1. The lowest BCUT2D eigenvalue weighted by Crippen LogP contribution is -2.28. The van der Waals surface area contributed by atoms with Crippen LogP contribution in [0.25, 0.3) is 11.0 Å². The lowest BCUT2D eigenvalue weighted by atomic mass is 9.97. The summed E-state index contributed by atoms with van der Waals surface area (Å²) < 4.78 is 12.5. The Balaban J connectivity index is 1.75. The SMILES string of the molecule is Cc1oc2c(C)c(C)c(OCc3ccccc3)c(C)c2c1CN1CCC[C@H]1O. The molecule has 0 saturated carbocycles. The van der Waals surface area contributed by atoms with Crippen molar-refractivity contribution in [2.75, 3.05) is 6.54 Å². The van der Waals surface area contributed by atoms with Crippen LogP contribution in [0.4, 0.5) is 0 Å². The summed E-state index contributed by atoms with van der Waals surface area (Å²) in [5.74, 6) is 1.87. The van der Waals surface area contributed by atoms with Gasteiger partial charge in [0.05, 0.1) is 0 Å². The standard InChI is InChI=1S/C24H29NO3/c1-15-16(2)24-22(17(3)23(15)27-14-19-9-6-5-7-10-19)20(18(4)28-24)13-25-12-8-11-21(25)26/h5-7,9-10,21,26H,8,11-14H2,1-4H3/t21-/m1/s1. The third-order valence-corrected chi connectivity index (χ3v) is 6.08. The molecule has 4 nitrogen and oxygen atoms in total. The van der Waals surface area contributed by atoms with E-state index in [1.165, 1.54) is 5.56 Å². The Kier molecular flexibility index (Phi) is 5.17. The molecule has 2 aromatic carbocycles. The molecule has 1 aliphatic rings. The molecule has 1 aromatic heterocycles. The third-order valence-electron chi connectivity index (χ3n) is 6.08. The number of rotatable bonds is 5. The van der Waals surface area contributed by atoms with Crippen LogP contribution in [0, 0.1) is 27.7 Å². The van der Waals surface area contributed by atoms with Gasteiger partial charge in [-0.3, -0.25) is 4.90 Å². The molecule has 1 aliphatic heterocycles. The molecular formula is C24H29NO3. The van der Waals surface area contributed by atoms with Crippen LogP contribution in [0.5, 0.6) is 5.75 Å². The first-order chi connectivity index (χ1) is 13.5. The van der Waals surface area contributed by atoms with E-state index in [9.17, 15) is 5.11 Å². The van der Waals surface area contributed by atoms with E-state index in [0.717, 1.165) is 64.1 Å². The number of likely N-dealkylation sites (tertiary alicyclic amines) is 1. The van der Waals surface area contributed by atoms with Crippen LogP contribution in [-0.2, 0) is 13.2 Å². The average Bonchev–Trinajstić information content (AvgIpc) is 3.24. The Morgan fingerprint density at radius 1 is 1.07 bits per heavy atom. The van der Waals surface area contributed by atoms with E-state index in [1.807, 2.05) is 25.1 Å². The Morgan fingerprint density at radius 2 is 1.82 bits per heavy atom. The quantitative estimate of drug-likeness (QED) is 0.665. The maximum absolute atomic E-state index is 10.3. The molecule has 1 atom stereocenters. The lowest BCUT2D eigenvalue weighted by Gasteiger charge is -2.20.